The highest BCUT2D eigenvalue weighted by molar-refractivity contribution is 4.69. The second-order valence-corrected chi connectivity index (χ2v) is 2.54. The molecule has 0 atom stereocenters. The monoisotopic (exact) mass is 112 g/mol. The SMILES string of the molecule is C1CC1.C=CC(C)C. The van der Waals surface area contributed by atoms with Gasteiger partial charge in [0.2, 0.25) is 0 Å². The Hall–Kier alpha value is -0.260. The summed E-state index contributed by atoms with van der Waals surface area (Å²) in [5, 5.41) is 0. The van der Waals surface area contributed by atoms with Crippen molar-refractivity contribution >= 4 is 0 Å². The minimum atomic E-state index is 0.648. The van der Waals surface area contributed by atoms with Gasteiger partial charge in [-0.15, -0.1) is 6.58 Å². The lowest BCUT2D eigenvalue weighted by Crippen LogP contribution is -1.71. The van der Waals surface area contributed by atoms with Crippen LogP contribution >= 0.6 is 0 Å². The van der Waals surface area contributed by atoms with Crippen molar-refractivity contribution in [2.45, 2.75) is 33.1 Å². The largest absolute Gasteiger partial charge is 0.103 e. The maximum atomic E-state index is 3.56. The first-order chi connectivity index (χ1) is 3.77. The average molecular weight is 112 g/mol. The summed E-state index contributed by atoms with van der Waals surface area (Å²) in [6.45, 7) is 7.77. The van der Waals surface area contributed by atoms with E-state index >= 15 is 0 Å². The molecule has 0 nitrogen and oxygen atoms in total. The molecule has 0 spiro atoms. The highest BCUT2D eigenvalue weighted by atomic mass is 14.0. The molecule has 0 saturated heterocycles. The third kappa shape index (κ3) is 17.2. The van der Waals surface area contributed by atoms with Crippen LogP contribution in [0, 0.1) is 5.92 Å². The van der Waals surface area contributed by atoms with E-state index < -0.39 is 0 Å². The van der Waals surface area contributed by atoms with E-state index in [-0.39, 0.29) is 0 Å². The second kappa shape index (κ2) is 4.89. The first-order valence-corrected chi connectivity index (χ1v) is 3.40. The third-order valence-electron chi connectivity index (χ3n) is 0.825. The zero-order chi connectivity index (χ0) is 6.41. The van der Waals surface area contributed by atoms with Crippen LogP contribution in [-0.2, 0) is 0 Å². The Labute approximate surface area is 52.6 Å². The first kappa shape index (κ1) is 7.74. The van der Waals surface area contributed by atoms with E-state index in [0.717, 1.165) is 0 Å². The van der Waals surface area contributed by atoms with Gasteiger partial charge in [0.1, 0.15) is 0 Å². The molecule has 1 saturated carbocycles. The predicted molar refractivity (Wildman–Crippen MR) is 38.9 cm³/mol. The molecule has 0 aromatic heterocycles. The van der Waals surface area contributed by atoms with Crippen LogP contribution in [0.25, 0.3) is 0 Å². The molecule has 0 bridgehead atoms. The van der Waals surface area contributed by atoms with Crippen LogP contribution in [-0.4, -0.2) is 0 Å². The molecule has 0 radical (unpaired) electrons. The number of rotatable bonds is 1. The van der Waals surface area contributed by atoms with Gasteiger partial charge in [-0.05, 0) is 5.92 Å². The van der Waals surface area contributed by atoms with Crippen molar-refractivity contribution in [1.82, 2.24) is 0 Å². The van der Waals surface area contributed by atoms with Crippen molar-refractivity contribution in [1.29, 1.82) is 0 Å². The molecule has 0 heteroatoms. The minimum Gasteiger partial charge on any atom is -0.103 e. The topological polar surface area (TPSA) is 0 Å². The standard InChI is InChI=1S/C5H10.C3H6/c1-4-5(2)3;1-2-3-1/h4-5H,1H2,2-3H3;1-3H2. The fraction of sp³-hybridized carbons (Fsp3) is 0.750. The van der Waals surface area contributed by atoms with Gasteiger partial charge in [0.05, 0.1) is 0 Å². The van der Waals surface area contributed by atoms with E-state index in [1.165, 1.54) is 19.3 Å². The Morgan fingerprint density at radius 2 is 1.50 bits per heavy atom. The summed E-state index contributed by atoms with van der Waals surface area (Å²) in [4.78, 5) is 0. The van der Waals surface area contributed by atoms with Gasteiger partial charge in [0, 0.05) is 0 Å². The Bertz CT molecular complexity index is 48.3. The van der Waals surface area contributed by atoms with E-state index in [1.54, 1.807) is 0 Å². The molecule has 0 N–H and O–H groups in total. The lowest BCUT2D eigenvalue weighted by molar-refractivity contribution is 0.835. The quantitative estimate of drug-likeness (QED) is 0.457. The lowest BCUT2D eigenvalue weighted by Gasteiger charge is -1.84. The Kier molecular flexibility index (Phi) is 4.73. The summed E-state index contributed by atoms with van der Waals surface area (Å²) >= 11 is 0. The molecule has 1 aliphatic rings. The maximum Gasteiger partial charge on any atom is -0.0293 e. The molecule has 1 aliphatic carbocycles. The van der Waals surface area contributed by atoms with E-state index in [0.29, 0.717) is 5.92 Å². The molecule has 1 rings (SSSR count). The van der Waals surface area contributed by atoms with Gasteiger partial charge in [0.25, 0.3) is 0 Å². The number of allylic oxidation sites excluding steroid dienone is 1. The van der Waals surface area contributed by atoms with Crippen molar-refractivity contribution in [3.05, 3.63) is 12.7 Å². The van der Waals surface area contributed by atoms with E-state index in [4.69, 9.17) is 0 Å². The number of hydrogen-bond donors (Lipinski definition) is 0. The molecule has 0 unspecified atom stereocenters. The highest BCUT2D eigenvalue weighted by Gasteiger charge is 1.95. The molecule has 0 aliphatic heterocycles. The molecule has 0 amide bonds. The molecule has 1 fully saturated rings. The van der Waals surface area contributed by atoms with Gasteiger partial charge < -0.3 is 0 Å². The lowest BCUT2D eigenvalue weighted by atomic mass is 10.2. The van der Waals surface area contributed by atoms with E-state index in [1.807, 2.05) is 6.08 Å². The summed E-state index contributed by atoms with van der Waals surface area (Å²) in [5.74, 6) is 0.648. The van der Waals surface area contributed by atoms with E-state index in [2.05, 4.69) is 20.4 Å². The molecule has 8 heavy (non-hydrogen) atoms. The molecule has 0 heterocycles. The van der Waals surface area contributed by atoms with Crippen molar-refractivity contribution in [3.8, 4) is 0 Å². The summed E-state index contributed by atoms with van der Waals surface area (Å²) in [6, 6.07) is 0. The van der Waals surface area contributed by atoms with Gasteiger partial charge in [-0.2, -0.15) is 0 Å². The zero-order valence-corrected chi connectivity index (χ0v) is 5.98. The van der Waals surface area contributed by atoms with Crippen LogP contribution in [0.4, 0.5) is 0 Å². The Morgan fingerprint density at radius 3 is 1.50 bits per heavy atom. The predicted octanol–water partition coefficient (Wildman–Crippen LogP) is 3.00. The normalized spacial score (nSPS) is 14.4. The Morgan fingerprint density at radius 1 is 1.25 bits per heavy atom. The second-order valence-electron chi connectivity index (χ2n) is 2.54. The van der Waals surface area contributed by atoms with Crippen molar-refractivity contribution in [2.24, 2.45) is 5.92 Å². The van der Waals surface area contributed by atoms with Crippen LogP contribution in [0.2, 0.25) is 0 Å². The van der Waals surface area contributed by atoms with Gasteiger partial charge in [-0.3, -0.25) is 0 Å². The summed E-state index contributed by atoms with van der Waals surface area (Å²) in [7, 11) is 0. The number of hydrogen-bond acceptors (Lipinski definition) is 0. The van der Waals surface area contributed by atoms with Crippen LogP contribution < -0.4 is 0 Å². The summed E-state index contributed by atoms with van der Waals surface area (Å²) < 4.78 is 0. The summed E-state index contributed by atoms with van der Waals surface area (Å²) in [5.41, 5.74) is 0. The molecular formula is C8H16. The first-order valence-electron chi connectivity index (χ1n) is 3.40. The highest BCUT2D eigenvalue weighted by Crippen LogP contribution is 2.14. The van der Waals surface area contributed by atoms with Gasteiger partial charge in [-0.25, -0.2) is 0 Å². The van der Waals surface area contributed by atoms with Gasteiger partial charge in [-0.1, -0.05) is 39.2 Å². The van der Waals surface area contributed by atoms with Crippen LogP contribution in [0.1, 0.15) is 33.1 Å². The molecule has 0 aromatic rings. The van der Waals surface area contributed by atoms with Crippen molar-refractivity contribution < 1.29 is 0 Å². The van der Waals surface area contributed by atoms with Crippen LogP contribution in [0.5, 0.6) is 0 Å². The minimum absolute atomic E-state index is 0.648. The van der Waals surface area contributed by atoms with Crippen LogP contribution in [0.3, 0.4) is 0 Å². The molecule has 0 aromatic carbocycles. The molecule has 48 valence electrons. The summed E-state index contributed by atoms with van der Waals surface area (Å²) in [6.07, 6.45) is 6.42. The maximum absolute atomic E-state index is 3.56. The fourth-order valence-corrected chi connectivity index (χ4v) is 0. The molecular weight excluding hydrogens is 96.1 g/mol. The third-order valence-corrected chi connectivity index (χ3v) is 0.825. The fourth-order valence-electron chi connectivity index (χ4n) is 0. The van der Waals surface area contributed by atoms with Crippen LogP contribution in [0.15, 0.2) is 12.7 Å². The van der Waals surface area contributed by atoms with Gasteiger partial charge in [0.15, 0.2) is 0 Å². The zero-order valence-electron chi connectivity index (χ0n) is 5.98. The van der Waals surface area contributed by atoms with E-state index in [9.17, 15) is 0 Å². The average Bonchev–Trinajstić information content (AvgIpc) is 2.48. The van der Waals surface area contributed by atoms with Crippen molar-refractivity contribution in [2.75, 3.05) is 0 Å². The van der Waals surface area contributed by atoms with Gasteiger partial charge >= 0.3 is 0 Å². The smallest absolute Gasteiger partial charge is 0.0293 e. The Balaban J connectivity index is 0.000000135. The van der Waals surface area contributed by atoms with Crippen molar-refractivity contribution in [3.63, 3.8) is 0 Å².